The first-order valence-corrected chi connectivity index (χ1v) is 12.4. The Hall–Kier alpha value is -3.26. The Kier molecular flexibility index (Phi) is 15.4. The lowest BCUT2D eigenvalue weighted by molar-refractivity contribution is -0.142. The maximum Gasteiger partial charge on any atom is 0.407 e. The van der Waals surface area contributed by atoms with Crippen LogP contribution < -0.4 is 10.6 Å². The third-order valence-electron chi connectivity index (χ3n) is 5.45. The van der Waals surface area contributed by atoms with E-state index in [2.05, 4.69) is 20.7 Å². The summed E-state index contributed by atoms with van der Waals surface area (Å²) in [5.41, 5.74) is 9.71. The van der Waals surface area contributed by atoms with E-state index in [1.165, 1.54) is 0 Å². The summed E-state index contributed by atoms with van der Waals surface area (Å²) in [5.74, 6) is -1.52. The van der Waals surface area contributed by atoms with Gasteiger partial charge in [0, 0.05) is 11.5 Å². The minimum atomic E-state index is -1.09. The molecule has 1 aromatic rings. The quantitative estimate of drug-likeness (QED) is 0.110. The van der Waals surface area contributed by atoms with Crippen molar-refractivity contribution in [1.82, 2.24) is 10.6 Å². The molecular formula is C25H39N5O5. The van der Waals surface area contributed by atoms with Crippen LogP contribution >= 0.6 is 0 Å². The van der Waals surface area contributed by atoms with Crippen LogP contribution in [0.25, 0.3) is 10.4 Å². The molecule has 0 aliphatic rings. The van der Waals surface area contributed by atoms with Gasteiger partial charge in [0.2, 0.25) is 5.91 Å². The average molecular weight is 490 g/mol. The van der Waals surface area contributed by atoms with E-state index in [4.69, 9.17) is 10.3 Å². The van der Waals surface area contributed by atoms with Gasteiger partial charge in [0.15, 0.2) is 0 Å². The van der Waals surface area contributed by atoms with E-state index in [1.54, 1.807) is 0 Å². The molecule has 0 aliphatic heterocycles. The number of nitrogens with zero attached hydrogens (tertiary/aromatic N) is 3. The summed E-state index contributed by atoms with van der Waals surface area (Å²) in [6.07, 6.45) is 6.83. The van der Waals surface area contributed by atoms with Crippen LogP contribution in [0.15, 0.2) is 35.4 Å². The van der Waals surface area contributed by atoms with Gasteiger partial charge in [-0.05, 0) is 36.3 Å². The smallest absolute Gasteiger partial charge is 0.407 e. The highest BCUT2D eigenvalue weighted by Crippen LogP contribution is 2.13. The van der Waals surface area contributed by atoms with Crippen molar-refractivity contribution < 1.29 is 24.2 Å². The molecule has 3 N–H and O–H groups in total. The maximum atomic E-state index is 12.4. The second kappa shape index (κ2) is 18.1. The molecule has 0 spiro atoms. The van der Waals surface area contributed by atoms with Gasteiger partial charge in [-0.1, -0.05) is 87.8 Å². The minimum Gasteiger partial charge on any atom is -0.480 e. The number of hydrogen-bond acceptors (Lipinski definition) is 5. The fraction of sp³-hybridized carbons (Fsp3) is 0.640. The normalized spacial score (nSPS) is 12.3. The molecule has 10 nitrogen and oxygen atoms in total. The van der Waals surface area contributed by atoms with Gasteiger partial charge < -0.3 is 20.5 Å². The number of carbonyl (C=O) groups is 3. The van der Waals surface area contributed by atoms with Crippen molar-refractivity contribution in [3.8, 4) is 0 Å². The molecule has 0 heterocycles. The number of carboxylic acids is 1. The first kappa shape index (κ1) is 29.8. The number of alkyl carbamates (subject to hydrolysis) is 1. The molecule has 35 heavy (non-hydrogen) atoms. The van der Waals surface area contributed by atoms with Crippen LogP contribution in [0.5, 0.6) is 0 Å². The Balaban J connectivity index is 2.11. The van der Waals surface area contributed by atoms with Gasteiger partial charge in [0.1, 0.15) is 18.7 Å². The van der Waals surface area contributed by atoms with Gasteiger partial charge in [-0.2, -0.15) is 0 Å². The average Bonchev–Trinajstić information content (AvgIpc) is 2.83. The number of azide groups is 1. The third kappa shape index (κ3) is 14.6. The molecule has 10 heteroatoms. The standard InChI is InChI=1S/C25H39N5O5/c1-19(2)17-22(24(32)33)28-23(31)21(29-30-26)15-11-6-4-3-5-7-12-16-27-25(34)35-18-20-13-9-8-10-14-20/h8-10,13-14,19,21-22H,3-7,11-12,15-18H2,1-2H3,(H,27,34)(H,28,31)(H,32,33)/t21-,22-/m0/s1. The molecule has 194 valence electrons. The lowest BCUT2D eigenvalue weighted by atomic mass is 10.0. The molecule has 2 amide bonds. The number of amides is 2. The predicted molar refractivity (Wildman–Crippen MR) is 134 cm³/mol. The Labute approximate surface area is 207 Å². The van der Waals surface area contributed by atoms with E-state index in [9.17, 15) is 19.5 Å². The molecule has 0 unspecified atom stereocenters. The van der Waals surface area contributed by atoms with Crippen molar-refractivity contribution in [3.63, 3.8) is 0 Å². The number of aliphatic carboxylic acids is 1. The van der Waals surface area contributed by atoms with Crippen LogP contribution in [0.4, 0.5) is 4.79 Å². The van der Waals surface area contributed by atoms with Crippen LogP contribution in [0, 0.1) is 5.92 Å². The number of carboxylic acid groups (broad SMARTS) is 1. The van der Waals surface area contributed by atoms with Gasteiger partial charge in [-0.25, -0.2) is 9.59 Å². The van der Waals surface area contributed by atoms with E-state index in [1.807, 2.05) is 44.2 Å². The lowest BCUT2D eigenvalue weighted by Gasteiger charge is -2.19. The minimum absolute atomic E-state index is 0.110. The van der Waals surface area contributed by atoms with Crippen LogP contribution in [0.2, 0.25) is 0 Å². The molecule has 2 atom stereocenters. The number of benzene rings is 1. The second-order valence-corrected chi connectivity index (χ2v) is 9.00. The highest BCUT2D eigenvalue weighted by molar-refractivity contribution is 5.87. The topological polar surface area (TPSA) is 153 Å². The molecule has 0 saturated carbocycles. The summed E-state index contributed by atoms with van der Waals surface area (Å²) < 4.78 is 5.17. The van der Waals surface area contributed by atoms with Gasteiger partial charge in [0.25, 0.3) is 0 Å². The first-order chi connectivity index (χ1) is 16.8. The van der Waals surface area contributed by atoms with Crippen molar-refractivity contribution in [3.05, 3.63) is 46.3 Å². The number of hydrogen-bond donors (Lipinski definition) is 3. The lowest BCUT2D eigenvalue weighted by Crippen LogP contribution is -2.45. The first-order valence-electron chi connectivity index (χ1n) is 12.4. The maximum absolute atomic E-state index is 12.4. The zero-order valence-electron chi connectivity index (χ0n) is 20.8. The highest BCUT2D eigenvalue weighted by Gasteiger charge is 2.25. The summed E-state index contributed by atoms with van der Waals surface area (Å²) in [6.45, 7) is 4.59. The Morgan fingerprint density at radius 1 is 1.03 bits per heavy atom. The van der Waals surface area contributed by atoms with Crippen LogP contribution in [-0.4, -0.2) is 41.7 Å². The highest BCUT2D eigenvalue weighted by atomic mass is 16.5. The Bertz CT molecular complexity index is 812. The zero-order valence-corrected chi connectivity index (χ0v) is 20.8. The Morgan fingerprint density at radius 2 is 1.66 bits per heavy atom. The summed E-state index contributed by atoms with van der Waals surface area (Å²) in [6, 6.07) is 7.63. The number of nitrogens with one attached hydrogen (secondary N) is 2. The second-order valence-electron chi connectivity index (χ2n) is 9.00. The van der Waals surface area contributed by atoms with Crippen molar-refractivity contribution >= 4 is 18.0 Å². The van der Waals surface area contributed by atoms with Gasteiger partial charge in [-0.3, -0.25) is 4.79 Å². The summed E-state index contributed by atoms with van der Waals surface area (Å²) in [5, 5.41) is 18.1. The monoisotopic (exact) mass is 489 g/mol. The fourth-order valence-corrected chi connectivity index (χ4v) is 3.58. The third-order valence-corrected chi connectivity index (χ3v) is 5.45. The van der Waals surface area contributed by atoms with Gasteiger partial charge >= 0.3 is 12.1 Å². The van der Waals surface area contributed by atoms with Crippen LogP contribution in [0.3, 0.4) is 0 Å². The molecular weight excluding hydrogens is 450 g/mol. The number of carbonyl (C=O) groups excluding carboxylic acids is 2. The van der Waals surface area contributed by atoms with Crippen molar-refractivity contribution in [2.45, 2.75) is 90.3 Å². The zero-order chi connectivity index (χ0) is 25.9. The number of unbranched alkanes of at least 4 members (excludes halogenated alkanes) is 6. The van der Waals surface area contributed by atoms with E-state index >= 15 is 0 Å². The van der Waals surface area contributed by atoms with E-state index in [-0.39, 0.29) is 12.5 Å². The molecule has 0 bridgehead atoms. The number of rotatable bonds is 18. The SMILES string of the molecule is CC(C)C[C@H](NC(=O)[C@H](CCCCCCCCCNC(=O)OCc1ccccc1)N=[N+]=[N-])C(=O)O. The van der Waals surface area contributed by atoms with Crippen molar-refractivity contribution in [2.24, 2.45) is 11.0 Å². The van der Waals surface area contributed by atoms with Gasteiger partial charge in [-0.15, -0.1) is 0 Å². The largest absolute Gasteiger partial charge is 0.480 e. The molecule has 1 aromatic carbocycles. The van der Waals surface area contributed by atoms with E-state index in [0.29, 0.717) is 25.8 Å². The van der Waals surface area contributed by atoms with Crippen LogP contribution in [0.1, 0.15) is 77.2 Å². The number of ether oxygens (including phenoxy) is 1. The molecule has 1 rings (SSSR count). The van der Waals surface area contributed by atoms with E-state index < -0.39 is 30.1 Å². The molecule has 0 radical (unpaired) electrons. The van der Waals surface area contributed by atoms with Gasteiger partial charge in [0.05, 0.1) is 0 Å². The van der Waals surface area contributed by atoms with Crippen molar-refractivity contribution in [1.29, 1.82) is 0 Å². The van der Waals surface area contributed by atoms with E-state index in [0.717, 1.165) is 44.1 Å². The molecule has 0 saturated heterocycles. The summed E-state index contributed by atoms with van der Waals surface area (Å²) in [4.78, 5) is 38.2. The molecule has 0 aliphatic carbocycles. The fourth-order valence-electron chi connectivity index (χ4n) is 3.58. The Morgan fingerprint density at radius 3 is 2.26 bits per heavy atom. The van der Waals surface area contributed by atoms with Crippen LogP contribution in [-0.2, 0) is 20.9 Å². The van der Waals surface area contributed by atoms with Crippen molar-refractivity contribution in [2.75, 3.05) is 6.54 Å². The predicted octanol–water partition coefficient (Wildman–Crippen LogP) is 5.33. The molecule has 0 aromatic heterocycles. The molecule has 0 fully saturated rings. The summed E-state index contributed by atoms with van der Waals surface area (Å²) >= 11 is 0. The summed E-state index contributed by atoms with van der Waals surface area (Å²) in [7, 11) is 0.